The molecule has 0 radical (unpaired) electrons. The summed E-state index contributed by atoms with van der Waals surface area (Å²) in [5.41, 5.74) is 1.97. The molecule has 0 saturated heterocycles. The van der Waals surface area contributed by atoms with E-state index in [-0.39, 0.29) is 11.3 Å². The van der Waals surface area contributed by atoms with Gasteiger partial charge in [0.15, 0.2) is 5.78 Å². The number of esters is 1. The third-order valence-corrected chi connectivity index (χ3v) is 2.79. The van der Waals surface area contributed by atoms with E-state index in [1.807, 2.05) is 30.3 Å². The summed E-state index contributed by atoms with van der Waals surface area (Å²) in [7, 11) is 0. The molecule has 0 heterocycles. The molecular weight excluding hydrogens is 256 g/mol. The summed E-state index contributed by atoms with van der Waals surface area (Å²) in [6.07, 6.45) is 0. The van der Waals surface area contributed by atoms with Crippen LogP contribution in [0.15, 0.2) is 48.5 Å². The summed E-state index contributed by atoms with van der Waals surface area (Å²) >= 11 is 0. The minimum Gasteiger partial charge on any atom is -0.426 e. The molecule has 2 aromatic rings. The number of hydrogen-bond acceptors (Lipinski definition) is 4. The third kappa shape index (κ3) is 3.10. The van der Waals surface area contributed by atoms with E-state index in [9.17, 15) is 9.59 Å². The van der Waals surface area contributed by atoms with Crippen molar-refractivity contribution in [3.63, 3.8) is 0 Å². The lowest BCUT2D eigenvalue weighted by atomic mass is 10.0. The first-order valence-corrected chi connectivity index (χ1v) is 6.13. The highest BCUT2D eigenvalue weighted by Crippen LogP contribution is 2.27. The molecule has 0 aliphatic heterocycles. The van der Waals surface area contributed by atoms with Crippen LogP contribution in [0.25, 0.3) is 11.1 Å². The Morgan fingerprint density at radius 2 is 1.75 bits per heavy atom. The second-order valence-electron chi connectivity index (χ2n) is 4.25. The minimum atomic E-state index is -0.626. The van der Waals surface area contributed by atoms with Crippen molar-refractivity contribution in [2.24, 2.45) is 0 Å². The number of hydrogen-bond donors (Lipinski definition) is 1. The summed E-state index contributed by atoms with van der Waals surface area (Å²) in [5, 5.41) is 8.94. The molecule has 0 aromatic heterocycles. The van der Waals surface area contributed by atoms with Gasteiger partial charge in [0.2, 0.25) is 0 Å². The second-order valence-corrected chi connectivity index (χ2v) is 4.25. The zero-order chi connectivity index (χ0) is 14.5. The Balaban J connectivity index is 2.48. The van der Waals surface area contributed by atoms with Gasteiger partial charge in [-0.25, -0.2) is 0 Å². The Morgan fingerprint density at radius 1 is 1.05 bits per heavy atom. The van der Waals surface area contributed by atoms with E-state index in [1.165, 1.54) is 6.92 Å². The van der Waals surface area contributed by atoms with Crippen LogP contribution in [-0.2, 0) is 4.79 Å². The maximum atomic E-state index is 11.6. The van der Waals surface area contributed by atoms with Crippen molar-refractivity contribution in [2.45, 2.75) is 6.92 Å². The zero-order valence-electron chi connectivity index (χ0n) is 11.0. The highest BCUT2D eigenvalue weighted by Gasteiger charge is 2.14. The molecule has 0 fully saturated rings. The van der Waals surface area contributed by atoms with Gasteiger partial charge in [-0.15, -0.1) is 0 Å². The molecule has 2 aromatic carbocycles. The lowest BCUT2D eigenvalue weighted by Crippen LogP contribution is -2.10. The first kappa shape index (κ1) is 14.0. The van der Waals surface area contributed by atoms with Crippen molar-refractivity contribution in [1.29, 1.82) is 0 Å². The van der Waals surface area contributed by atoms with Gasteiger partial charge in [-0.05, 0) is 23.3 Å². The highest BCUT2D eigenvalue weighted by atomic mass is 16.5. The predicted molar refractivity (Wildman–Crippen MR) is 74.6 cm³/mol. The van der Waals surface area contributed by atoms with E-state index in [0.29, 0.717) is 0 Å². The molecule has 0 bridgehead atoms. The number of rotatable bonds is 4. The molecule has 20 heavy (non-hydrogen) atoms. The number of ketones is 1. The SMILES string of the molecule is CC(=O)Oc1cc(-c2ccccc2)ccc1C(=O)CO. The van der Waals surface area contributed by atoms with Crippen LogP contribution in [0.1, 0.15) is 17.3 Å². The van der Waals surface area contributed by atoms with Crippen molar-refractivity contribution in [2.75, 3.05) is 6.61 Å². The third-order valence-electron chi connectivity index (χ3n) is 2.79. The molecule has 0 spiro atoms. The van der Waals surface area contributed by atoms with Crippen LogP contribution in [0.3, 0.4) is 0 Å². The van der Waals surface area contributed by atoms with Crippen molar-refractivity contribution in [1.82, 2.24) is 0 Å². The summed E-state index contributed by atoms with van der Waals surface area (Å²) in [5.74, 6) is -0.832. The molecule has 0 saturated carbocycles. The normalized spacial score (nSPS) is 10.1. The monoisotopic (exact) mass is 270 g/mol. The van der Waals surface area contributed by atoms with Crippen molar-refractivity contribution in [3.05, 3.63) is 54.1 Å². The lowest BCUT2D eigenvalue weighted by Gasteiger charge is -2.10. The van der Waals surface area contributed by atoms with Gasteiger partial charge in [0, 0.05) is 6.92 Å². The van der Waals surface area contributed by atoms with Crippen LogP contribution in [0, 0.1) is 0 Å². The first-order valence-electron chi connectivity index (χ1n) is 6.13. The van der Waals surface area contributed by atoms with Crippen molar-refractivity contribution < 1.29 is 19.4 Å². The van der Waals surface area contributed by atoms with Crippen LogP contribution in [0.4, 0.5) is 0 Å². The average molecular weight is 270 g/mol. The van der Waals surface area contributed by atoms with E-state index < -0.39 is 18.4 Å². The molecule has 0 amide bonds. The van der Waals surface area contributed by atoms with Gasteiger partial charge in [-0.2, -0.15) is 0 Å². The van der Waals surface area contributed by atoms with Crippen molar-refractivity contribution >= 4 is 11.8 Å². The molecule has 0 atom stereocenters. The Kier molecular flexibility index (Phi) is 4.27. The summed E-state index contributed by atoms with van der Waals surface area (Å²) in [6, 6.07) is 14.5. The fourth-order valence-corrected chi connectivity index (χ4v) is 1.89. The van der Waals surface area contributed by atoms with E-state index >= 15 is 0 Å². The first-order chi connectivity index (χ1) is 9.61. The van der Waals surface area contributed by atoms with E-state index in [2.05, 4.69) is 0 Å². The standard InChI is InChI=1S/C16H14O4/c1-11(18)20-16-9-13(12-5-3-2-4-6-12)7-8-14(16)15(19)10-17/h2-9,17H,10H2,1H3. The number of ether oxygens (including phenoxy) is 1. The molecule has 0 aliphatic rings. The molecule has 4 nitrogen and oxygen atoms in total. The number of aliphatic hydroxyl groups is 1. The molecule has 1 N–H and O–H groups in total. The Bertz CT molecular complexity index is 632. The number of carbonyl (C=O) groups is 2. The van der Waals surface area contributed by atoms with Gasteiger partial charge in [0.05, 0.1) is 5.56 Å². The van der Waals surface area contributed by atoms with Crippen LogP contribution in [0.5, 0.6) is 5.75 Å². The second kappa shape index (κ2) is 6.12. The van der Waals surface area contributed by atoms with Crippen LogP contribution in [0.2, 0.25) is 0 Å². The Labute approximate surface area is 116 Å². The molecule has 4 heteroatoms. The molecule has 0 aliphatic carbocycles. The quantitative estimate of drug-likeness (QED) is 0.526. The molecule has 102 valence electrons. The number of Topliss-reactive ketones (excluding diaryl/α,β-unsaturated/α-hetero) is 1. The largest absolute Gasteiger partial charge is 0.426 e. The van der Waals surface area contributed by atoms with Gasteiger partial charge in [-0.1, -0.05) is 36.4 Å². The summed E-state index contributed by atoms with van der Waals surface area (Å²) < 4.78 is 5.06. The topological polar surface area (TPSA) is 63.6 Å². The van der Waals surface area contributed by atoms with Gasteiger partial charge in [0.1, 0.15) is 12.4 Å². The van der Waals surface area contributed by atoms with E-state index in [1.54, 1.807) is 18.2 Å². The molecule has 2 rings (SSSR count). The maximum Gasteiger partial charge on any atom is 0.308 e. The average Bonchev–Trinajstić information content (AvgIpc) is 2.46. The summed E-state index contributed by atoms with van der Waals surface area (Å²) in [4.78, 5) is 22.8. The zero-order valence-corrected chi connectivity index (χ0v) is 11.0. The maximum absolute atomic E-state index is 11.6. The smallest absolute Gasteiger partial charge is 0.308 e. The van der Waals surface area contributed by atoms with Crippen LogP contribution in [-0.4, -0.2) is 23.5 Å². The number of carbonyl (C=O) groups excluding carboxylic acids is 2. The fraction of sp³-hybridized carbons (Fsp3) is 0.125. The Hall–Kier alpha value is -2.46. The minimum absolute atomic E-state index is 0.165. The van der Waals surface area contributed by atoms with Crippen LogP contribution >= 0.6 is 0 Å². The van der Waals surface area contributed by atoms with Gasteiger partial charge in [-0.3, -0.25) is 9.59 Å². The molecule has 0 unspecified atom stereocenters. The highest BCUT2D eigenvalue weighted by molar-refractivity contribution is 6.00. The van der Waals surface area contributed by atoms with Crippen molar-refractivity contribution in [3.8, 4) is 16.9 Å². The summed E-state index contributed by atoms with van der Waals surface area (Å²) in [6.45, 7) is 0.640. The van der Waals surface area contributed by atoms with Crippen LogP contribution < -0.4 is 4.74 Å². The lowest BCUT2D eigenvalue weighted by molar-refractivity contribution is -0.131. The van der Waals surface area contributed by atoms with E-state index in [0.717, 1.165) is 11.1 Å². The predicted octanol–water partition coefficient (Wildman–Crippen LogP) is 2.45. The number of aliphatic hydroxyl groups excluding tert-OH is 1. The van der Waals surface area contributed by atoms with Gasteiger partial charge in [0.25, 0.3) is 0 Å². The Morgan fingerprint density at radius 3 is 2.35 bits per heavy atom. The van der Waals surface area contributed by atoms with Gasteiger partial charge < -0.3 is 9.84 Å². The van der Waals surface area contributed by atoms with E-state index in [4.69, 9.17) is 9.84 Å². The fourth-order valence-electron chi connectivity index (χ4n) is 1.89. The van der Waals surface area contributed by atoms with Gasteiger partial charge >= 0.3 is 5.97 Å². The molecular formula is C16H14O4. The number of benzene rings is 2.